The molecule has 0 saturated heterocycles. The quantitative estimate of drug-likeness (QED) is 0.940. The highest BCUT2D eigenvalue weighted by Gasteiger charge is 2.22. The van der Waals surface area contributed by atoms with Crippen LogP contribution in [0.25, 0.3) is 0 Å². The van der Waals surface area contributed by atoms with Crippen molar-refractivity contribution in [2.45, 2.75) is 19.3 Å². The van der Waals surface area contributed by atoms with E-state index in [4.69, 9.17) is 0 Å². The summed E-state index contributed by atoms with van der Waals surface area (Å²) in [6.07, 6.45) is 1.80. The number of hydrogen-bond donors (Lipinski definition) is 1. The Morgan fingerprint density at radius 1 is 1.37 bits per heavy atom. The van der Waals surface area contributed by atoms with Gasteiger partial charge in [0, 0.05) is 10.2 Å². The van der Waals surface area contributed by atoms with Gasteiger partial charge in [-0.3, -0.25) is 4.79 Å². The van der Waals surface area contributed by atoms with Gasteiger partial charge in [-0.05, 0) is 31.0 Å². The van der Waals surface area contributed by atoms with Crippen molar-refractivity contribution < 1.29 is 9.90 Å². The lowest BCUT2D eigenvalue weighted by molar-refractivity contribution is -0.138. The van der Waals surface area contributed by atoms with Crippen LogP contribution in [0.15, 0.2) is 41.1 Å². The second-order valence-corrected chi connectivity index (χ2v) is 5.12. The van der Waals surface area contributed by atoms with E-state index in [2.05, 4.69) is 25.9 Å². The molecule has 2 aromatic rings. The average molecular weight is 321 g/mol. The van der Waals surface area contributed by atoms with Gasteiger partial charge in [-0.15, -0.1) is 0 Å². The molecule has 98 valence electrons. The smallest absolute Gasteiger partial charge is 0.312 e. The van der Waals surface area contributed by atoms with E-state index in [0.717, 1.165) is 15.7 Å². The maximum absolute atomic E-state index is 11.5. The molecule has 0 fully saturated rings. The summed E-state index contributed by atoms with van der Waals surface area (Å²) in [7, 11) is 0. The number of aromatic nitrogens is 2. The van der Waals surface area contributed by atoms with Gasteiger partial charge in [0.25, 0.3) is 0 Å². The number of hydrogen-bond acceptors (Lipinski definition) is 3. The lowest BCUT2D eigenvalue weighted by Gasteiger charge is -2.13. The molecule has 1 unspecified atom stereocenters. The van der Waals surface area contributed by atoms with Gasteiger partial charge in [-0.25, -0.2) is 9.97 Å². The van der Waals surface area contributed by atoms with Crippen molar-refractivity contribution in [1.29, 1.82) is 0 Å². The molecule has 0 radical (unpaired) electrons. The van der Waals surface area contributed by atoms with Gasteiger partial charge in [0.1, 0.15) is 12.2 Å². The lowest BCUT2D eigenvalue weighted by Crippen LogP contribution is -2.16. The van der Waals surface area contributed by atoms with Crippen LogP contribution in [-0.2, 0) is 11.2 Å². The third kappa shape index (κ3) is 3.38. The molecule has 1 aromatic heterocycles. The van der Waals surface area contributed by atoms with Gasteiger partial charge >= 0.3 is 5.97 Å². The lowest BCUT2D eigenvalue weighted by atomic mass is 9.96. The predicted octanol–water partition coefficient (Wildman–Crippen LogP) is 2.96. The first-order chi connectivity index (χ1) is 9.08. The summed E-state index contributed by atoms with van der Waals surface area (Å²) >= 11 is 3.44. The molecule has 0 spiro atoms. The standard InChI is InChI=1S/C14H13BrN2O2/c1-9-6-13(17-8-16-9)11(14(18)19)7-10-4-2-3-5-12(10)15/h2-6,8,11H,7H2,1H3,(H,18,19). The van der Waals surface area contributed by atoms with Crippen LogP contribution in [0.3, 0.4) is 0 Å². The van der Waals surface area contributed by atoms with E-state index in [9.17, 15) is 9.90 Å². The Bertz CT molecular complexity index is 602. The maximum atomic E-state index is 11.5. The van der Waals surface area contributed by atoms with Crippen LogP contribution in [-0.4, -0.2) is 21.0 Å². The van der Waals surface area contributed by atoms with Crippen LogP contribution < -0.4 is 0 Å². The van der Waals surface area contributed by atoms with Crippen LogP contribution in [0.5, 0.6) is 0 Å². The van der Waals surface area contributed by atoms with Gasteiger partial charge < -0.3 is 5.11 Å². The molecule has 0 aliphatic carbocycles. The van der Waals surface area contributed by atoms with Crippen LogP contribution in [0.2, 0.25) is 0 Å². The van der Waals surface area contributed by atoms with E-state index in [1.807, 2.05) is 31.2 Å². The molecule has 0 bridgehead atoms. The highest BCUT2D eigenvalue weighted by molar-refractivity contribution is 9.10. The highest BCUT2D eigenvalue weighted by atomic mass is 79.9. The van der Waals surface area contributed by atoms with Crippen molar-refractivity contribution in [3.8, 4) is 0 Å². The van der Waals surface area contributed by atoms with E-state index in [0.29, 0.717) is 12.1 Å². The molecule has 1 N–H and O–H groups in total. The van der Waals surface area contributed by atoms with E-state index in [1.165, 1.54) is 6.33 Å². The van der Waals surface area contributed by atoms with Crippen LogP contribution in [0.1, 0.15) is 22.9 Å². The molecule has 4 nitrogen and oxygen atoms in total. The van der Waals surface area contributed by atoms with Crippen LogP contribution in [0.4, 0.5) is 0 Å². The van der Waals surface area contributed by atoms with Gasteiger partial charge in [0.2, 0.25) is 0 Å². The monoisotopic (exact) mass is 320 g/mol. The van der Waals surface area contributed by atoms with Crippen molar-refractivity contribution in [2.75, 3.05) is 0 Å². The Morgan fingerprint density at radius 2 is 2.11 bits per heavy atom. The van der Waals surface area contributed by atoms with E-state index in [1.54, 1.807) is 6.07 Å². The molecule has 0 aliphatic heterocycles. The Hall–Kier alpha value is -1.75. The van der Waals surface area contributed by atoms with Crippen molar-refractivity contribution >= 4 is 21.9 Å². The first kappa shape index (κ1) is 13.7. The fourth-order valence-electron chi connectivity index (χ4n) is 1.87. The number of rotatable bonds is 4. The van der Waals surface area contributed by atoms with E-state index in [-0.39, 0.29) is 0 Å². The summed E-state index contributed by atoms with van der Waals surface area (Å²) in [6, 6.07) is 9.32. The maximum Gasteiger partial charge on any atom is 0.312 e. The SMILES string of the molecule is Cc1cc(C(Cc2ccccc2Br)C(=O)O)ncn1. The van der Waals surface area contributed by atoms with Crippen molar-refractivity contribution in [3.05, 3.63) is 58.1 Å². The van der Waals surface area contributed by atoms with Crippen molar-refractivity contribution in [3.63, 3.8) is 0 Å². The molecular weight excluding hydrogens is 308 g/mol. The largest absolute Gasteiger partial charge is 0.481 e. The first-order valence-corrected chi connectivity index (χ1v) is 6.62. The Balaban J connectivity index is 2.32. The molecule has 0 aliphatic rings. The number of carbonyl (C=O) groups is 1. The average Bonchev–Trinajstić information content (AvgIpc) is 2.37. The van der Waals surface area contributed by atoms with E-state index >= 15 is 0 Å². The molecule has 1 atom stereocenters. The number of aliphatic carboxylic acids is 1. The Morgan fingerprint density at radius 3 is 2.74 bits per heavy atom. The van der Waals surface area contributed by atoms with Gasteiger partial charge in [-0.2, -0.15) is 0 Å². The summed E-state index contributed by atoms with van der Waals surface area (Å²) in [5, 5.41) is 9.39. The normalized spacial score (nSPS) is 12.1. The highest BCUT2D eigenvalue weighted by Crippen LogP contribution is 2.24. The second-order valence-electron chi connectivity index (χ2n) is 4.27. The minimum absolute atomic E-state index is 0.396. The summed E-state index contributed by atoms with van der Waals surface area (Å²) in [5.41, 5.74) is 2.25. The van der Waals surface area contributed by atoms with E-state index < -0.39 is 11.9 Å². The Labute approximate surface area is 119 Å². The molecular formula is C14H13BrN2O2. The Kier molecular flexibility index (Phi) is 4.27. The fourth-order valence-corrected chi connectivity index (χ4v) is 2.31. The zero-order valence-corrected chi connectivity index (χ0v) is 12.0. The second kappa shape index (κ2) is 5.93. The number of halogens is 1. The molecule has 2 rings (SSSR count). The summed E-state index contributed by atoms with van der Waals surface area (Å²) in [6.45, 7) is 1.82. The molecule has 1 aromatic carbocycles. The minimum Gasteiger partial charge on any atom is -0.481 e. The molecule has 5 heteroatoms. The fraction of sp³-hybridized carbons (Fsp3) is 0.214. The summed E-state index contributed by atoms with van der Waals surface area (Å²) in [5.74, 6) is -1.55. The minimum atomic E-state index is -0.881. The zero-order valence-electron chi connectivity index (χ0n) is 10.4. The van der Waals surface area contributed by atoms with Gasteiger partial charge in [0.15, 0.2) is 0 Å². The number of aryl methyl sites for hydroxylation is 1. The third-order valence-electron chi connectivity index (χ3n) is 2.86. The topological polar surface area (TPSA) is 63.1 Å². The molecule has 0 amide bonds. The van der Waals surface area contributed by atoms with Crippen LogP contribution >= 0.6 is 15.9 Å². The number of nitrogens with zero attached hydrogens (tertiary/aromatic N) is 2. The number of carboxylic acids is 1. The van der Waals surface area contributed by atoms with Crippen LogP contribution in [0, 0.1) is 6.92 Å². The first-order valence-electron chi connectivity index (χ1n) is 5.82. The molecule has 0 saturated carbocycles. The zero-order chi connectivity index (χ0) is 13.8. The van der Waals surface area contributed by atoms with Gasteiger partial charge in [-0.1, -0.05) is 34.1 Å². The molecule has 19 heavy (non-hydrogen) atoms. The predicted molar refractivity (Wildman–Crippen MR) is 75.0 cm³/mol. The number of carboxylic acid groups (broad SMARTS) is 1. The third-order valence-corrected chi connectivity index (χ3v) is 3.64. The van der Waals surface area contributed by atoms with Crippen molar-refractivity contribution in [1.82, 2.24) is 9.97 Å². The van der Waals surface area contributed by atoms with Gasteiger partial charge in [0.05, 0.1) is 5.69 Å². The summed E-state index contributed by atoms with van der Waals surface area (Å²) < 4.78 is 0.909. The number of benzene rings is 1. The summed E-state index contributed by atoms with van der Waals surface area (Å²) in [4.78, 5) is 19.5. The van der Waals surface area contributed by atoms with Crippen molar-refractivity contribution in [2.24, 2.45) is 0 Å². The molecule has 1 heterocycles.